The lowest BCUT2D eigenvalue weighted by atomic mass is 10.3. The van der Waals surface area contributed by atoms with Crippen LogP contribution < -0.4 is 10.6 Å². The van der Waals surface area contributed by atoms with Gasteiger partial charge in [-0.15, -0.1) is 0 Å². The Morgan fingerprint density at radius 1 is 1.53 bits per heavy atom. The SMILES string of the molecule is O=C(CNCC1CC1)NCc1ccoc1. The first-order valence-electron chi connectivity index (χ1n) is 5.33. The van der Waals surface area contributed by atoms with Crippen LogP contribution in [0.2, 0.25) is 0 Å². The van der Waals surface area contributed by atoms with E-state index in [1.165, 1.54) is 12.8 Å². The van der Waals surface area contributed by atoms with Gasteiger partial charge in [-0.2, -0.15) is 0 Å². The molecule has 2 rings (SSSR count). The molecule has 1 saturated carbocycles. The Hall–Kier alpha value is -1.29. The van der Waals surface area contributed by atoms with Gasteiger partial charge < -0.3 is 15.1 Å². The van der Waals surface area contributed by atoms with Gasteiger partial charge in [-0.3, -0.25) is 4.79 Å². The minimum absolute atomic E-state index is 0.0388. The third-order valence-corrected chi connectivity index (χ3v) is 2.49. The van der Waals surface area contributed by atoms with Gasteiger partial charge >= 0.3 is 0 Å². The highest BCUT2D eigenvalue weighted by Crippen LogP contribution is 2.27. The van der Waals surface area contributed by atoms with Gasteiger partial charge in [-0.1, -0.05) is 0 Å². The first-order chi connectivity index (χ1) is 7.34. The third kappa shape index (κ3) is 3.75. The van der Waals surface area contributed by atoms with Crippen molar-refractivity contribution in [3.63, 3.8) is 0 Å². The van der Waals surface area contributed by atoms with Crippen LogP contribution in [0.4, 0.5) is 0 Å². The van der Waals surface area contributed by atoms with E-state index in [0.717, 1.165) is 18.0 Å². The molecule has 1 aromatic rings. The fraction of sp³-hybridized carbons (Fsp3) is 0.545. The van der Waals surface area contributed by atoms with E-state index in [4.69, 9.17) is 4.42 Å². The molecule has 15 heavy (non-hydrogen) atoms. The Balaban J connectivity index is 1.55. The summed E-state index contributed by atoms with van der Waals surface area (Å²) < 4.78 is 4.90. The molecule has 1 aliphatic carbocycles. The predicted molar refractivity (Wildman–Crippen MR) is 56.1 cm³/mol. The number of nitrogens with one attached hydrogen (secondary N) is 2. The van der Waals surface area contributed by atoms with Gasteiger partial charge in [0.2, 0.25) is 5.91 Å². The molecule has 2 N–H and O–H groups in total. The van der Waals surface area contributed by atoms with Gasteiger partial charge in [0.05, 0.1) is 19.1 Å². The third-order valence-electron chi connectivity index (χ3n) is 2.49. The second-order valence-corrected chi connectivity index (χ2v) is 3.98. The molecule has 1 aromatic heterocycles. The van der Waals surface area contributed by atoms with Gasteiger partial charge in [-0.05, 0) is 31.4 Å². The van der Waals surface area contributed by atoms with Crippen LogP contribution in [0.3, 0.4) is 0 Å². The van der Waals surface area contributed by atoms with Crippen LogP contribution in [-0.4, -0.2) is 19.0 Å². The first-order valence-corrected chi connectivity index (χ1v) is 5.33. The van der Waals surface area contributed by atoms with Gasteiger partial charge in [0.15, 0.2) is 0 Å². The molecule has 0 saturated heterocycles. The minimum atomic E-state index is 0.0388. The number of rotatable bonds is 6. The zero-order valence-corrected chi connectivity index (χ0v) is 8.66. The van der Waals surface area contributed by atoms with Crippen LogP contribution >= 0.6 is 0 Å². The van der Waals surface area contributed by atoms with Crippen molar-refractivity contribution in [2.24, 2.45) is 5.92 Å². The lowest BCUT2D eigenvalue weighted by Gasteiger charge is -2.04. The minimum Gasteiger partial charge on any atom is -0.472 e. The zero-order chi connectivity index (χ0) is 10.5. The molecule has 82 valence electrons. The van der Waals surface area contributed by atoms with Crippen molar-refractivity contribution in [1.82, 2.24) is 10.6 Å². The van der Waals surface area contributed by atoms with E-state index >= 15 is 0 Å². The molecule has 0 unspecified atom stereocenters. The van der Waals surface area contributed by atoms with E-state index in [9.17, 15) is 4.79 Å². The maximum Gasteiger partial charge on any atom is 0.234 e. The average molecular weight is 208 g/mol. The molecule has 0 bridgehead atoms. The van der Waals surface area contributed by atoms with E-state index < -0.39 is 0 Å². The lowest BCUT2D eigenvalue weighted by Crippen LogP contribution is -2.34. The Labute approximate surface area is 89.0 Å². The van der Waals surface area contributed by atoms with Crippen molar-refractivity contribution < 1.29 is 9.21 Å². The molecule has 0 radical (unpaired) electrons. The molecular formula is C11H16N2O2. The maximum absolute atomic E-state index is 11.3. The van der Waals surface area contributed by atoms with Crippen LogP contribution in [0, 0.1) is 5.92 Å². The van der Waals surface area contributed by atoms with Crippen molar-refractivity contribution in [3.8, 4) is 0 Å². The lowest BCUT2D eigenvalue weighted by molar-refractivity contribution is -0.120. The predicted octanol–water partition coefficient (Wildman–Crippen LogP) is 0.895. The summed E-state index contributed by atoms with van der Waals surface area (Å²) in [5.41, 5.74) is 0.991. The van der Waals surface area contributed by atoms with Crippen molar-refractivity contribution in [2.75, 3.05) is 13.1 Å². The fourth-order valence-corrected chi connectivity index (χ4v) is 1.37. The Morgan fingerprint density at radius 2 is 2.40 bits per heavy atom. The molecule has 1 fully saturated rings. The molecule has 1 aliphatic rings. The summed E-state index contributed by atoms with van der Waals surface area (Å²) in [4.78, 5) is 11.3. The largest absolute Gasteiger partial charge is 0.472 e. The van der Waals surface area contributed by atoms with Crippen LogP contribution in [0.1, 0.15) is 18.4 Å². The van der Waals surface area contributed by atoms with Crippen molar-refractivity contribution in [3.05, 3.63) is 24.2 Å². The number of hydrogen-bond donors (Lipinski definition) is 2. The second kappa shape index (κ2) is 4.98. The summed E-state index contributed by atoms with van der Waals surface area (Å²) in [6, 6.07) is 1.85. The number of amides is 1. The topological polar surface area (TPSA) is 54.3 Å². The van der Waals surface area contributed by atoms with E-state index in [0.29, 0.717) is 13.1 Å². The molecule has 1 heterocycles. The normalized spacial score (nSPS) is 15.2. The fourth-order valence-electron chi connectivity index (χ4n) is 1.37. The summed E-state index contributed by atoms with van der Waals surface area (Å²) >= 11 is 0. The van der Waals surface area contributed by atoms with Crippen molar-refractivity contribution in [2.45, 2.75) is 19.4 Å². The van der Waals surface area contributed by atoms with E-state index in [2.05, 4.69) is 10.6 Å². The number of furan rings is 1. The first kappa shape index (κ1) is 10.2. The quantitative estimate of drug-likeness (QED) is 0.730. The molecule has 4 heteroatoms. The summed E-state index contributed by atoms with van der Waals surface area (Å²) in [5, 5.41) is 5.96. The molecule has 0 atom stereocenters. The number of hydrogen-bond acceptors (Lipinski definition) is 3. The van der Waals surface area contributed by atoms with Crippen LogP contribution in [-0.2, 0) is 11.3 Å². The number of carbonyl (C=O) groups excluding carboxylic acids is 1. The zero-order valence-electron chi connectivity index (χ0n) is 8.66. The molecular weight excluding hydrogens is 192 g/mol. The van der Waals surface area contributed by atoms with Crippen LogP contribution in [0.25, 0.3) is 0 Å². The van der Waals surface area contributed by atoms with E-state index in [1.807, 2.05) is 6.07 Å². The Morgan fingerprint density at radius 3 is 3.07 bits per heavy atom. The highest BCUT2D eigenvalue weighted by Gasteiger charge is 2.20. The molecule has 0 aliphatic heterocycles. The van der Waals surface area contributed by atoms with E-state index in [-0.39, 0.29) is 5.91 Å². The van der Waals surface area contributed by atoms with Gasteiger partial charge in [-0.25, -0.2) is 0 Å². The van der Waals surface area contributed by atoms with Crippen molar-refractivity contribution in [1.29, 1.82) is 0 Å². The maximum atomic E-state index is 11.3. The highest BCUT2D eigenvalue weighted by atomic mass is 16.3. The summed E-state index contributed by atoms with van der Waals surface area (Å²) in [6.07, 6.45) is 5.86. The number of carbonyl (C=O) groups is 1. The smallest absolute Gasteiger partial charge is 0.234 e. The van der Waals surface area contributed by atoms with Gasteiger partial charge in [0.1, 0.15) is 0 Å². The molecule has 0 aromatic carbocycles. The summed E-state index contributed by atoms with van der Waals surface area (Å²) in [5.74, 6) is 0.850. The van der Waals surface area contributed by atoms with Crippen molar-refractivity contribution >= 4 is 5.91 Å². The molecule has 4 nitrogen and oxygen atoms in total. The Kier molecular flexibility index (Phi) is 3.40. The second-order valence-electron chi connectivity index (χ2n) is 3.98. The molecule has 0 spiro atoms. The molecule has 1 amide bonds. The van der Waals surface area contributed by atoms with Crippen LogP contribution in [0.15, 0.2) is 23.0 Å². The van der Waals surface area contributed by atoms with Gasteiger partial charge in [0, 0.05) is 12.1 Å². The average Bonchev–Trinajstić information content (AvgIpc) is 2.91. The Bertz CT molecular complexity index is 304. The van der Waals surface area contributed by atoms with Gasteiger partial charge in [0.25, 0.3) is 0 Å². The van der Waals surface area contributed by atoms with E-state index in [1.54, 1.807) is 12.5 Å². The summed E-state index contributed by atoms with van der Waals surface area (Å²) in [7, 11) is 0. The van der Waals surface area contributed by atoms with Crippen LogP contribution in [0.5, 0.6) is 0 Å². The monoisotopic (exact) mass is 208 g/mol. The standard InChI is InChI=1S/C11H16N2O2/c14-11(7-12-5-9-1-2-9)13-6-10-3-4-15-8-10/h3-4,8-9,12H,1-2,5-7H2,(H,13,14). The highest BCUT2D eigenvalue weighted by molar-refractivity contribution is 5.77. The summed E-state index contributed by atoms with van der Waals surface area (Å²) in [6.45, 7) is 1.92.